The number of hydrogen-bond donors (Lipinski definition) is 2. The molecule has 192 valence electrons. The van der Waals surface area contributed by atoms with Gasteiger partial charge in [-0.25, -0.2) is 33.8 Å². The van der Waals surface area contributed by atoms with Crippen molar-refractivity contribution in [2.75, 3.05) is 6.61 Å². The van der Waals surface area contributed by atoms with Gasteiger partial charge in [0.2, 0.25) is 0 Å². The van der Waals surface area contributed by atoms with Crippen LogP contribution in [0.15, 0.2) is 47.6 Å². The van der Waals surface area contributed by atoms with Crippen LogP contribution in [0, 0.1) is 5.82 Å². The lowest BCUT2D eigenvalue weighted by Gasteiger charge is -2.21. The largest absolute Gasteiger partial charge is 0.464 e. The lowest BCUT2D eigenvalue weighted by atomic mass is 9.84. The Labute approximate surface area is 216 Å². The van der Waals surface area contributed by atoms with Crippen molar-refractivity contribution in [2.45, 2.75) is 38.3 Å². The van der Waals surface area contributed by atoms with Gasteiger partial charge in [-0.15, -0.1) is 0 Å². The van der Waals surface area contributed by atoms with Crippen LogP contribution in [0.2, 0.25) is 0 Å². The number of amides is 1. The molecule has 1 amide bonds. The van der Waals surface area contributed by atoms with Crippen LogP contribution in [-0.2, 0) is 21.5 Å². The van der Waals surface area contributed by atoms with Gasteiger partial charge in [-0.05, 0) is 32.0 Å². The van der Waals surface area contributed by atoms with Crippen LogP contribution in [0.5, 0.6) is 0 Å². The molecular weight excluding hydrogens is 491 g/mol. The molecule has 2 aliphatic rings. The van der Waals surface area contributed by atoms with Gasteiger partial charge >= 0.3 is 5.97 Å². The van der Waals surface area contributed by atoms with Gasteiger partial charge in [-0.1, -0.05) is 18.2 Å². The molecule has 2 aliphatic heterocycles. The van der Waals surface area contributed by atoms with Gasteiger partial charge in [0.05, 0.1) is 24.0 Å². The number of pyridine rings is 1. The number of nitrogens with two attached hydrogens (primary N) is 1. The van der Waals surface area contributed by atoms with E-state index in [0.29, 0.717) is 34.3 Å². The van der Waals surface area contributed by atoms with E-state index in [0.717, 1.165) is 0 Å². The molecule has 1 atom stereocenters. The third kappa shape index (κ3) is 3.76. The quantitative estimate of drug-likeness (QED) is 0.386. The van der Waals surface area contributed by atoms with Crippen molar-refractivity contribution in [2.24, 2.45) is 10.7 Å². The van der Waals surface area contributed by atoms with Crippen molar-refractivity contribution in [3.05, 3.63) is 65.2 Å². The van der Waals surface area contributed by atoms with E-state index in [9.17, 15) is 14.0 Å². The van der Waals surface area contributed by atoms with Crippen molar-refractivity contribution in [1.29, 1.82) is 0 Å². The SMILES string of the molecule is CC1(C)C(N)=Nc2nc(-c3nn(Cc4ccccc4F)c4ncccc34)nc(C(=O)NC3CCOC3=O)c21. The molecule has 1 aromatic carbocycles. The predicted molar refractivity (Wildman–Crippen MR) is 135 cm³/mol. The number of rotatable bonds is 5. The minimum atomic E-state index is -0.815. The number of esters is 1. The Morgan fingerprint density at radius 3 is 2.82 bits per heavy atom. The summed E-state index contributed by atoms with van der Waals surface area (Å²) >= 11 is 0. The molecule has 0 aliphatic carbocycles. The number of fused-ring (bicyclic) bond motifs is 2. The summed E-state index contributed by atoms with van der Waals surface area (Å²) in [4.78, 5) is 43.6. The van der Waals surface area contributed by atoms with Crippen LogP contribution in [-0.4, -0.2) is 55.1 Å². The number of halogens is 1. The number of carbonyl (C=O) groups is 2. The van der Waals surface area contributed by atoms with Crippen LogP contribution < -0.4 is 11.1 Å². The Morgan fingerprint density at radius 1 is 1.24 bits per heavy atom. The maximum absolute atomic E-state index is 14.4. The first kappa shape index (κ1) is 23.6. The third-order valence-corrected chi connectivity index (χ3v) is 6.83. The van der Waals surface area contributed by atoms with Crippen LogP contribution >= 0.6 is 0 Å². The minimum absolute atomic E-state index is 0.0413. The maximum atomic E-state index is 14.4. The highest BCUT2D eigenvalue weighted by molar-refractivity contribution is 6.05. The van der Waals surface area contributed by atoms with E-state index in [1.165, 1.54) is 6.07 Å². The van der Waals surface area contributed by atoms with E-state index in [2.05, 4.69) is 30.4 Å². The molecule has 5 heterocycles. The fourth-order valence-corrected chi connectivity index (χ4v) is 4.68. The summed E-state index contributed by atoms with van der Waals surface area (Å²) in [6, 6.07) is 9.19. The molecule has 1 saturated heterocycles. The Morgan fingerprint density at radius 2 is 2.05 bits per heavy atom. The van der Waals surface area contributed by atoms with Gasteiger partial charge in [0.1, 0.15) is 29.1 Å². The average Bonchev–Trinajstić information content (AvgIpc) is 3.54. The van der Waals surface area contributed by atoms with Gasteiger partial charge in [0.15, 0.2) is 17.3 Å². The summed E-state index contributed by atoms with van der Waals surface area (Å²) in [5.74, 6) is -0.772. The Bertz CT molecular complexity index is 1660. The number of aliphatic imine (C=N–C) groups is 1. The van der Waals surface area contributed by atoms with Gasteiger partial charge in [-0.3, -0.25) is 4.79 Å². The second-order valence-electron chi connectivity index (χ2n) is 9.67. The van der Waals surface area contributed by atoms with E-state index >= 15 is 0 Å². The zero-order valence-corrected chi connectivity index (χ0v) is 20.6. The molecule has 1 unspecified atom stereocenters. The zero-order chi connectivity index (χ0) is 26.6. The molecule has 11 nitrogen and oxygen atoms in total. The summed E-state index contributed by atoms with van der Waals surface area (Å²) in [5.41, 5.74) is 7.17. The molecule has 12 heteroatoms. The molecule has 0 spiro atoms. The number of cyclic esters (lactones) is 1. The lowest BCUT2D eigenvalue weighted by molar-refractivity contribution is -0.139. The van der Waals surface area contributed by atoms with Crippen molar-refractivity contribution in [3.63, 3.8) is 0 Å². The molecule has 6 rings (SSSR count). The fraction of sp³-hybridized carbons (Fsp3) is 0.269. The van der Waals surface area contributed by atoms with Gasteiger partial charge in [0, 0.05) is 23.7 Å². The summed E-state index contributed by atoms with van der Waals surface area (Å²) in [6.07, 6.45) is 1.98. The van der Waals surface area contributed by atoms with Gasteiger partial charge < -0.3 is 15.8 Å². The first-order valence-corrected chi connectivity index (χ1v) is 12.0. The average molecular weight is 515 g/mol. The van der Waals surface area contributed by atoms with Gasteiger partial charge in [-0.2, -0.15) is 5.10 Å². The smallest absolute Gasteiger partial charge is 0.328 e. The molecule has 4 aromatic rings. The van der Waals surface area contributed by atoms with E-state index < -0.39 is 23.3 Å². The van der Waals surface area contributed by atoms with Gasteiger partial charge in [0.25, 0.3) is 5.91 Å². The lowest BCUT2D eigenvalue weighted by Crippen LogP contribution is -2.40. The Hall–Kier alpha value is -4.74. The van der Waals surface area contributed by atoms with E-state index in [-0.39, 0.29) is 42.1 Å². The summed E-state index contributed by atoms with van der Waals surface area (Å²) < 4.78 is 21.0. The number of amidine groups is 1. The molecule has 0 saturated carbocycles. The van der Waals surface area contributed by atoms with E-state index in [4.69, 9.17) is 10.5 Å². The van der Waals surface area contributed by atoms with Crippen LogP contribution in [0.3, 0.4) is 0 Å². The van der Waals surface area contributed by atoms with E-state index in [1.807, 2.05) is 13.8 Å². The van der Waals surface area contributed by atoms with Crippen molar-refractivity contribution in [1.82, 2.24) is 30.0 Å². The molecule has 0 radical (unpaired) electrons. The monoisotopic (exact) mass is 514 g/mol. The molecular formula is C26H23FN8O3. The van der Waals surface area contributed by atoms with Crippen molar-refractivity contribution < 1.29 is 18.7 Å². The topological polar surface area (TPSA) is 150 Å². The van der Waals surface area contributed by atoms with Crippen molar-refractivity contribution >= 4 is 34.6 Å². The Balaban J connectivity index is 1.49. The Kier molecular flexibility index (Phi) is 5.40. The normalized spacial score (nSPS) is 17.8. The number of nitrogens with zero attached hydrogens (tertiary/aromatic N) is 6. The first-order chi connectivity index (χ1) is 18.2. The molecule has 1 fully saturated rings. The first-order valence-electron chi connectivity index (χ1n) is 12.0. The maximum Gasteiger partial charge on any atom is 0.328 e. The second-order valence-corrected chi connectivity index (χ2v) is 9.67. The molecule has 0 bridgehead atoms. The predicted octanol–water partition coefficient (Wildman–Crippen LogP) is 2.40. The second kappa shape index (κ2) is 8.68. The summed E-state index contributed by atoms with van der Waals surface area (Å²) in [6.45, 7) is 4.00. The zero-order valence-electron chi connectivity index (χ0n) is 20.6. The number of hydrogen-bond acceptors (Lipinski definition) is 9. The number of nitrogens with one attached hydrogen (secondary N) is 1. The van der Waals surface area contributed by atoms with E-state index in [1.54, 1.807) is 41.2 Å². The number of ether oxygens (including phenoxy) is 1. The number of carbonyl (C=O) groups excluding carboxylic acids is 2. The standard InChI is InChI=1S/C26H23FN8O3/c1-26(2)17-19(23(36)30-16-9-11-38-24(16)37)31-21(32-20(17)33-25(26)28)18-14-7-5-10-29-22(14)35(34-18)12-13-6-3-4-8-15(13)27/h3-8,10,16H,9,11-12H2,1-2H3,(H,30,36)(H2,28,31,32,33). The highest BCUT2D eigenvalue weighted by atomic mass is 19.1. The van der Waals surface area contributed by atoms with Crippen LogP contribution in [0.25, 0.3) is 22.6 Å². The highest BCUT2D eigenvalue weighted by Gasteiger charge is 2.41. The van der Waals surface area contributed by atoms with Crippen LogP contribution in [0.1, 0.15) is 41.9 Å². The minimum Gasteiger partial charge on any atom is -0.464 e. The van der Waals surface area contributed by atoms with Crippen LogP contribution in [0.4, 0.5) is 10.2 Å². The molecule has 3 N–H and O–H groups in total. The fourth-order valence-electron chi connectivity index (χ4n) is 4.68. The molecule has 38 heavy (non-hydrogen) atoms. The highest BCUT2D eigenvalue weighted by Crippen LogP contribution is 2.40. The number of benzene rings is 1. The van der Waals surface area contributed by atoms with Crippen molar-refractivity contribution in [3.8, 4) is 11.5 Å². The molecule has 3 aromatic heterocycles. The summed E-state index contributed by atoms with van der Waals surface area (Å²) in [7, 11) is 0. The number of aromatic nitrogens is 5. The summed E-state index contributed by atoms with van der Waals surface area (Å²) in [5, 5.41) is 8.00. The third-order valence-electron chi connectivity index (χ3n) is 6.83.